The van der Waals surface area contributed by atoms with E-state index in [1.165, 1.54) is 16.9 Å². The van der Waals surface area contributed by atoms with E-state index in [4.69, 9.17) is 4.74 Å². The first-order valence-corrected chi connectivity index (χ1v) is 11.9. The van der Waals surface area contributed by atoms with Crippen LogP contribution in [0.15, 0.2) is 77.7 Å². The Morgan fingerprint density at radius 3 is 2.16 bits per heavy atom. The monoisotopic (exact) mass is 452 g/mol. The first-order valence-electron chi connectivity index (χ1n) is 10.5. The van der Waals surface area contributed by atoms with Crippen LogP contribution in [0.3, 0.4) is 0 Å². The summed E-state index contributed by atoms with van der Waals surface area (Å²) in [5, 5.41) is 2.81. The van der Waals surface area contributed by atoms with Gasteiger partial charge in [0.15, 0.2) is 0 Å². The Kier molecular flexibility index (Phi) is 7.53. The molecule has 6 nitrogen and oxygen atoms in total. The molecular weight excluding hydrogens is 424 g/mol. The van der Waals surface area contributed by atoms with E-state index in [9.17, 15) is 13.2 Å². The van der Waals surface area contributed by atoms with E-state index >= 15 is 0 Å². The number of carbonyl (C=O) groups is 1. The van der Waals surface area contributed by atoms with Gasteiger partial charge in [-0.3, -0.25) is 9.10 Å². The highest BCUT2D eigenvalue weighted by molar-refractivity contribution is 7.92. The van der Waals surface area contributed by atoms with Gasteiger partial charge in [0.1, 0.15) is 12.4 Å². The zero-order chi connectivity index (χ0) is 23.1. The van der Waals surface area contributed by atoms with E-state index in [1.807, 2.05) is 31.2 Å². The number of ether oxygens (including phenoxy) is 1. The highest BCUT2D eigenvalue weighted by atomic mass is 32.2. The largest absolute Gasteiger partial charge is 0.492 e. The van der Waals surface area contributed by atoms with E-state index < -0.39 is 10.0 Å². The fourth-order valence-electron chi connectivity index (χ4n) is 3.09. The van der Waals surface area contributed by atoms with Crippen molar-refractivity contribution in [1.29, 1.82) is 0 Å². The molecule has 0 saturated carbocycles. The van der Waals surface area contributed by atoms with Gasteiger partial charge in [0.2, 0.25) is 0 Å². The number of anilines is 1. The van der Waals surface area contributed by atoms with Crippen molar-refractivity contribution in [3.8, 4) is 5.75 Å². The lowest BCUT2D eigenvalue weighted by Crippen LogP contribution is -2.28. The second-order valence-corrected chi connectivity index (χ2v) is 9.40. The molecule has 7 heteroatoms. The summed E-state index contributed by atoms with van der Waals surface area (Å²) < 4.78 is 32.5. The number of sulfonamides is 1. The third-order valence-corrected chi connectivity index (χ3v) is 6.96. The van der Waals surface area contributed by atoms with Crippen LogP contribution in [0.2, 0.25) is 0 Å². The minimum Gasteiger partial charge on any atom is -0.492 e. The summed E-state index contributed by atoms with van der Waals surface area (Å²) in [4.78, 5) is 12.6. The van der Waals surface area contributed by atoms with Crippen LogP contribution in [0.5, 0.6) is 5.75 Å². The quantitative estimate of drug-likeness (QED) is 0.494. The number of amides is 1. The van der Waals surface area contributed by atoms with Gasteiger partial charge in [0.25, 0.3) is 15.9 Å². The van der Waals surface area contributed by atoms with Gasteiger partial charge in [-0.15, -0.1) is 0 Å². The lowest BCUT2D eigenvalue weighted by atomic mass is 10.2. The van der Waals surface area contributed by atoms with Crippen molar-refractivity contribution in [3.05, 3.63) is 89.5 Å². The molecule has 0 bridgehead atoms. The summed E-state index contributed by atoms with van der Waals surface area (Å²) in [5.41, 5.74) is 3.15. The first kappa shape index (κ1) is 23.3. The van der Waals surface area contributed by atoms with Gasteiger partial charge in [-0.1, -0.05) is 36.8 Å². The highest BCUT2D eigenvalue weighted by Gasteiger charge is 2.21. The molecule has 0 aliphatic rings. The molecule has 0 aromatic heterocycles. The van der Waals surface area contributed by atoms with Gasteiger partial charge >= 0.3 is 0 Å². The van der Waals surface area contributed by atoms with Crippen LogP contribution < -0.4 is 14.4 Å². The molecule has 0 unspecified atom stereocenters. The van der Waals surface area contributed by atoms with Gasteiger partial charge in [-0.05, 0) is 67.4 Å². The molecule has 3 aromatic rings. The summed E-state index contributed by atoms with van der Waals surface area (Å²) in [6.45, 7) is 4.71. The second kappa shape index (κ2) is 10.3. The fraction of sp³-hybridized carbons (Fsp3) is 0.240. The molecule has 0 atom stereocenters. The molecular formula is C25H28N2O4S. The number of hydrogen-bond acceptors (Lipinski definition) is 4. The van der Waals surface area contributed by atoms with Crippen LogP contribution in [0.1, 0.15) is 28.4 Å². The molecule has 3 aromatic carbocycles. The fourth-order valence-corrected chi connectivity index (χ4v) is 4.28. The average molecular weight is 453 g/mol. The summed E-state index contributed by atoms with van der Waals surface area (Å²) in [6.07, 6.45) is 0.975. The van der Waals surface area contributed by atoms with E-state index in [2.05, 4.69) is 12.2 Å². The van der Waals surface area contributed by atoms with Crippen molar-refractivity contribution in [3.63, 3.8) is 0 Å². The first-order chi connectivity index (χ1) is 15.3. The maximum atomic E-state index is 12.8. The molecule has 0 saturated heterocycles. The van der Waals surface area contributed by atoms with Crippen molar-refractivity contribution >= 4 is 21.6 Å². The Morgan fingerprint density at radius 1 is 0.938 bits per heavy atom. The van der Waals surface area contributed by atoms with E-state index in [-0.39, 0.29) is 10.8 Å². The highest BCUT2D eigenvalue weighted by Crippen LogP contribution is 2.22. The SMILES string of the molecule is CCc1ccc(OCCNC(=O)c2ccc(N(C)S(=O)(=O)c3ccc(C)cc3)cc2)cc1. The Bertz CT molecular complexity index is 1140. The zero-order valence-electron chi connectivity index (χ0n) is 18.5. The number of hydrogen-bond donors (Lipinski definition) is 1. The Labute approximate surface area is 189 Å². The molecule has 3 rings (SSSR count). The molecule has 168 valence electrons. The molecule has 0 heterocycles. The Balaban J connectivity index is 1.54. The van der Waals surface area contributed by atoms with Crippen molar-refractivity contribution in [2.75, 3.05) is 24.5 Å². The standard InChI is InChI=1S/C25H28N2O4S/c1-4-20-7-13-23(14-8-20)31-18-17-26-25(28)21-9-11-22(12-10-21)27(3)32(29,30)24-15-5-19(2)6-16-24/h5-16H,4,17-18H2,1-3H3,(H,26,28). The van der Waals surface area contributed by atoms with Crippen molar-refractivity contribution in [1.82, 2.24) is 5.32 Å². The third kappa shape index (κ3) is 5.68. The second-order valence-electron chi connectivity index (χ2n) is 7.43. The van der Waals surface area contributed by atoms with Crippen LogP contribution in [-0.2, 0) is 16.4 Å². The van der Waals surface area contributed by atoms with Crippen LogP contribution in [0.25, 0.3) is 0 Å². The predicted molar refractivity (Wildman–Crippen MR) is 127 cm³/mol. The molecule has 0 radical (unpaired) electrons. The van der Waals surface area contributed by atoms with Gasteiger partial charge in [0.05, 0.1) is 17.1 Å². The smallest absolute Gasteiger partial charge is 0.264 e. The molecule has 0 aliphatic carbocycles. The van der Waals surface area contributed by atoms with Crippen LogP contribution in [0, 0.1) is 6.92 Å². The average Bonchev–Trinajstić information content (AvgIpc) is 2.82. The lowest BCUT2D eigenvalue weighted by molar-refractivity contribution is 0.0947. The van der Waals surface area contributed by atoms with E-state index in [1.54, 1.807) is 48.5 Å². The molecule has 0 aliphatic heterocycles. The number of aryl methyl sites for hydroxylation is 2. The summed E-state index contributed by atoms with van der Waals surface area (Å²) >= 11 is 0. The number of nitrogens with zero attached hydrogens (tertiary/aromatic N) is 1. The number of nitrogens with one attached hydrogen (secondary N) is 1. The molecule has 0 fully saturated rings. The van der Waals surface area contributed by atoms with Gasteiger partial charge in [-0.2, -0.15) is 0 Å². The molecule has 0 spiro atoms. The topological polar surface area (TPSA) is 75.7 Å². The van der Waals surface area contributed by atoms with Gasteiger partial charge in [0, 0.05) is 12.6 Å². The predicted octanol–water partition coefficient (Wildman–Crippen LogP) is 4.19. The Hall–Kier alpha value is -3.32. The van der Waals surface area contributed by atoms with Gasteiger partial charge < -0.3 is 10.1 Å². The van der Waals surface area contributed by atoms with Crippen molar-refractivity contribution in [2.24, 2.45) is 0 Å². The maximum absolute atomic E-state index is 12.8. The maximum Gasteiger partial charge on any atom is 0.264 e. The number of rotatable bonds is 9. The van der Waals surface area contributed by atoms with E-state index in [0.29, 0.717) is 24.4 Å². The van der Waals surface area contributed by atoms with Gasteiger partial charge in [-0.25, -0.2) is 8.42 Å². The minimum atomic E-state index is -3.67. The van der Waals surface area contributed by atoms with Crippen LogP contribution in [0.4, 0.5) is 5.69 Å². The number of benzene rings is 3. The third-order valence-electron chi connectivity index (χ3n) is 5.16. The molecule has 32 heavy (non-hydrogen) atoms. The minimum absolute atomic E-state index is 0.219. The van der Waals surface area contributed by atoms with E-state index in [0.717, 1.165) is 17.7 Å². The zero-order valence-corrected chi connectivity index (χ0v) is 19.4. The molecule has 1 amide bonds. The molecule has 1 N–H and O–H groups in total. The summed E-state index contributed by atoms with van der Waals surface area (Å²) in [6, 6.07) is 21.0. The van der Waals surface area contributed by atoms with Crippen molar-refractivity contribution < 1.29 is 17.9 Å². The van der Waals surface area contributed by atoms with Crippen LogP contribution >= 0.6 is 0 Å². The van der Waals surface area contributed by atoms with Crippen LogP contribution in [-0.4, -0.2) is 34.5 Å². The van der Waals surface area contributed by atoms with Crippen molar-refractivity contribution in [2.45, 2.75) is 25.2 Å². The lowest BCUT2D eigenvalue weighted by Gasteiger charge is -2.20. The summed E-state index contributed by atoms with van der Waals surface area (Å²) in [7, 11) is -2.18. The number of carbonyl (C=O) groups excluding carboxylic acids is 1. The Morgan fingerprint density at radius 2 is 1.56 bits per heavy atom. The summed E-state index contributed by atoms with van der Waals surface area (Å²) in [5.74, 6) is 0.518. The normalized spacial score (nSPS) is 11.1.